The Labute approximate surface area is 56.2 Å². The Bertz CT molecular complexity index is 156. The summed E-state index contributed by atoms with van der Waals surface area (Å²) in [5.74, 6) is 1.26. The van der Waals surface area contributed by atoms with E-state index in [4.69, 9.17) is 5.73 Å². The Morgan fingerprint density at radius 1 is 1.33 bits per heavy atom. The molecule has 2 atom stereocenters. The van der Waals surface area contributed by atoms with Crippen LogP contribution in [0.3, 0.4) is 0 Å². The Morgan fingerprint density at radius 3 is 2.44 bits per heavy atom. The van der Waals surface area contributed by atoms with Crippen molar-refractivity contribution < 1.29 is 0 Å². The molecule has 0 saturated heterocycles. The molecule has 0 radical (unpaired) electrons. The second-order valence-corrected chi connectivity index (χ2v) is 2.74. The van der Waals surface area contributed by atoms with Gasteiger partial charge in [0.15, 0.2) is 0 Å². The zero-order valence-corrected chi connectivity index (χ0v) is 5.96. The Balaban J connectivity index is 2.70. The van der Waals surface area contributed by atoms with Gasteiger partial charge >= 0.3 is 0 Å². The van der Waals surface area contributed by atoms with E-state index >= 15 is 0 Å². The summed E-state index contributed by atoms with van der Waals surface area (Å²) in [5, 5.41) is 0. The molecule has 0 amide bonds. The molecule has 0 aromatic carbocycles. The molecule has 0 fully saturated rings. The minimum atomic E-state index is 0.606. The van der Waals surface area contributed by atoms with Crippen molar-refractivity contribution in [2.75, 3.05) is 0 Å². The van der Waals surface area contributed by atoms with Crippen LogP contribution in [-0.2, 0) is 0 Å². The van der Waals surface area contributed by atoms with Crippen LogP contribution in [0.5, 0.6) is 0 Å². The van der Waals surface area contributed by atoms with Gasteiger partial charge in [0.05, 0.1) is 0 Å². The van der Waals surface area contributed by atoms with Crippen molar-refractivity contribution in [2.45, 2.75) is 13.8 Å². The van der Waals surface area contributed by atoms with Gasteiger partial charge in [-0.2, -0.15) is 0 Å². The topological polar surface area (TPSA) is 26.0 Å². The van der Waals surface area contributed by atoms with Gasteiger partial charge in [0.1, 0.15) is 0 Å². The first-order chi connectivity index (χ1) is 4.20. The summed E-state index contributed by atoms with van der Waals surface area (Å²) in [4.78, 5) is 0. The van der Waals surface area contributed by atoms with Crippen LogP contribution in [0.4, 0.5) is 0 Å². The monoisotopic (exact) mass is 123 g/mol. The lowest BCUT2D eigenvalue weighted by atomic mass is 9.91. The van der Waals surface area contributed by atoms with Gasteiger partial charge in [0.2, 0.25) is 0 Å². The average molecular weight is 123 g/mol. The van der Waals surface area contributed by atoms with E-state index in [-0.39, 0.29) is 0 Å². The summed E-state index contributed by atoms with van der Waals surface area (Å²) in [6.07, 6.45) is 6.23. The highest BCUT2D eigenvalue weighted by Crippen LogP contribution is 2.19. The summed E-state index contributed by atoms with van der Waals surface area (Å²) < 4.78 is 0. The van der Waals surface area contributed by atoms with Gasteiger partial charge in [-0.3, -0.25) is 0 Å². The SMILES string of the molecule is C[C@@H]1C=C(N)C=C[C@@H]1C. The predicted octanol–water partition coefficient (Wildman–Crippen LogP) is 1.67. The highest BCUT2D eigenvalue weighted by Gasteiger charge is 2.09. The molecule has 1 rings (SSSR count). The highest BCUT2D eigenvalue weighted by molar-refractivity contribution is 5.21. The van der Waals surface area contributed by atoms with Crippen LogP contribution < -0.4 is 5.73 Å². The van der Waals surface area contributed by atoms with Crippen molar-refractivity contribution in [3.8, 4) is 0 Å². The van der Waals surface area contributed by atoms with Crippen molar-refractivity contribution in [2.24, 2.45) is 17.6 Å². The van der Waals surface area contributed by atoms with Crippen LogP contribution in [-0.4, -0.2) is 0 Å². The first-order valence-electron chi connectivity index (χ1n) is 3.35. The fraction of sp³-hybridized carbons (Fsp3) is 0.500. The molecule has 0 bridgehead atoms. The van der Waals surface area contributed by atoms with Crippen LogP contribution in [0.2, 0.25) is 0 Å². The fourth-order valence-corrected chi connectivity index (χ4v) is 0.949. The molecule has 1 aliphatic rings. The van der Waals surface area contributed by atoms with Crippen molar-refractivity contribution in [1.82, 2.24) is 0 Å². The van der Waals surface area contributed by atoms with E-state index in [1.54, 1.807) is 0 Å². The van der Waals surface area contributed by atoms with Gasteiger partial charge in [-0.1, -0.05) is 26.0 Å². The molecule has 1 aliphatic carbocycles. The molecule has 0 aromatic rings. The van der Waals surface area contributed by atoms with Crippen molar-refractivity contribution in [1.29, 1.82) is 0 Å². The smallest absolute Gasteiger partial charge is 0.0273 e. The third-order valence-corrected chi connectivity index (χ3v) is 1.88. The number of hydrogen-bond acceptors (Lipinski definition) is 1. The van der Waals surface area contributed by atoms with Crippen LogP contribution in [0.25, 0.3) is 0 Å². The molecule has 0 spiro atoms. The number of allylic oxidation sites excluding steroid dienone is 3. The second kappa shape index (κ2) is 2.26. The van der Waals surface area contributed by atoms with Crippen molar-refractivity contribution >= 4 is 0 Å². The van der Waals surface area contributed by atoms with Crippen molar-refractivity contribution in [3.63, 3.8) is 0 Å². The lowest BCUT2D eigenvalue weighted by Gasteiger charge is -2.16. The van der Waals surface area contributed by atoms with E-state index in [0.717, 1.165) is 5.70 Å². The maximum Gasteiger partial charge on any atom is 0.0273 e. The quantitative estimate of drug-likeness (QED) is 0.521. The van der Waals surface area contributed by atoms with E-state index in [2.05, 4.69) is 26.0 Å². The molecule has 0 unspecified atom stereocenters. The zero-order chi connectivity index (χ0) is 6.85. The Morgan fingerprint density at radius 2 is 2.00 bits per heavy atom. The molecular formula is C8H13N. The number of hydrogen-bond donors (Lipinski definition) is 1. The summed E-state index contributed by atoms with van der Waals surface area (Å²) in [7, 11) is 0. The molecule has 0 aromatic heterocycles. The van der Waals surface area contributed by atoms with Gasteiger partial charge in [-0.15, -0.1) is 0 Å². The molecule has 1 heteroatoms. The lowest BCUT2D eigenvalue weighted by molar-refractivity contribution is 0.548. The normalized spacial score (nSPS) is 34.2. The maximum atomic E-state index is 5.56. The number of rotatable bonds is 0. The summed E-state index contributed by atoms with van der Waals surface area (Å²) in [6, 6.07) is 0. The Hall–Kier alpha value is -0.720. The Kier molecular flexibility index (Phi) is 1.60. The maximum absolute atomic E-state index is 5.56. The third-order valence-electron chi connectivity index (χ3n) is 1.88. The summed E-state index contributed by atoms with van der Waals surface area (Å²) >= 11 is 0. The minimum absolute atomic E-state index is 0.606. The molecule has 1 nitrogen and oxygen atoms in total. The first kappa shape index (κ1) is 6.40. The highest BCUT2D eigenvalue weighted by atomic mass is 14.6. The zero-order valence-electron chi connectivity index (χ0n) is 5.96. The molecule has 0 aliphatic heterocycles. The van der Waals surface area contributed by atoms with Crippen LogP contribution >= 0.6 is 0 Å². The minimum Gasteiger partial charge on any atom is -0.399 e. The van der Waals surface area contributed by atoms with Crippen molar-refractivity contribution in [3.05, 3.63) is 23.9 Å². The first-order valence-corrected chi connectivity index (χ1v) is 3.35. The van der Waals surface area contributed by atoms with Gasteiger partial charge in [0.25, 0.3) is 0 Å². The molecule has 0 heterocycles. The average Bonchev–Trinajstić information content (AvgIpc) is 1.80. The lowest BCUT2D eigenvalue weighted by Crippen LogP contribution is -2.10. The molecule has 50 valence electrons. The second-order valence-electron chi connectivity index (χ2n) is 2.74. The summed E-state index contributed by atoms with van der Waals surface area (Å²) in [6.45, 7) is 4.38. The number of nitrogens with two attached hydrogens (primary N) is 1. The van der Waals surface area contributed by atoms with E-state index in [1.807, 2.05) is 6.08 Å². The summed E-state index contributed by atoms with van der Waals surface area (Å²) in [5.41, 5.74) is 6.46. The van der Waals surface area contributed by atoms with Gasteiger partial charge in [0, 0.05) is 5.70 Å². The molecular weight excluding hydrogens is 110 g/mol. The molecule has 0 saturated carbocycles. The van der Waals surface area contributed by atoms with E-state index in [0.29, 0.717) is 11.8 Å². The van der Waals surface area contributed by atoms with Crippen LogP contribution in [0.15, 0.2) is 23.9 Å². The van der Waals surface area contributed by atoms with Gasteiger partial charge in [-0.05, 0) is 17.9 Å². The van der Waals surface area contributed by atoms with Gasteiger partial charge < -0.3 is 5.73 Å². The molecule has 9 heavy (non-hydrogen) atoms. The van der Waals surface area contributed by atoms with E-state index in [9.17, 15) is 0 Å². The van der Waals surface area contributed by atoms with Gasteiger partial charge in [-0.25, -0.2) is 0 Å². The van der Waals surface area contributed by atoms with Crippen LogP contribution in [0.1, 0.15) is 13.8 Å². The van der Waals surface area contributed by atoms with E-state index in [1.165, 1.54) is 0 Å². The third kappa shape index (κ3) is 1.35. The largest absolute Gasteiger partial charge is 0.399 e. The fourth-order valence-electron chi connectivity index (χ4n) is 0.949. The standard InChI is InChI=1S/C8H13N/c1-6-3-4-8(9)5-7(6)2/h3-7H,9H2,1-2H3/t6-,7+/m0/s1. The van der Waals surface area contributed by atoms with Crippen LogP contribution in [0, 0.1) is 11.8 Å². The van der Waals surface area contributed by atoms with E-state index < -0.39 is 0 Å². The molecule has 2 N–H and O–H groups in total. The predicted molar refractivity (Wildman–Crippen MR) is 39.7 cm³/mol.